The van der Waals surface area contributed by atoms with Crippen molar-refractivity contribution in [2.24, 2.45) is 0 Å². The van der Waals surface area contributed by atoms with Crippen LogP contribution in [0.1, 0.15) is 18.5 Å². The van der Waals surface area contributed by atoms with E-state index in [0.717, 1.165) is 41.9 Å². The highest BCUT2D eigenvalue weighted by Gasteiger charge is 2.16. The standard InChI is InChI=1S/C14H16ClNO3/c15-6-5-13-12-4-3-10(8-14(12)19-16-13)18-9-11-2-1-7-17-11/h3-4,8,11H,1-2,5-7,9H2. The van der Waals surface area contributed by atoms with E-state index in [1.165, 1.54) is 0 Å². The Kier molecular flexibility index (Phi) is 3.89. The number of alkyl halides is 1. The van der Waals surface area contributed by atoms with Gasteiger partial charge in [-0.2, -0.15) is 0 Å². The quantitative estimate of drug-likeness (QED) is 0.790. The van der Waals surface area contributed by atoms with Crippen LogP contribution in [0.3, 0.4) is 0 Å². The molecule has 5 heteroatoms. The number of ether oxygens (including phenoxy) is 2. The van der Waals surface area contributed by atoms with Gasteiger partial charge < -0.3 is 14.0 Å². The van der Waals surface area contributed by atoms with Crippen LogP contribution >= 0.6 is 11.6 Å². The van der Waals surface area contributed by atoms with Gasteiger partial charge in [-0.25, -0.2) is 0 Å². The van der Waals surface area contributed by atoms with Crippen molar-refractivity contribution in [2.75, 3.05) is 19.1 Å². The highest BCUT2D eigenvalue weighted by atomic mass is 35.5. The summed E-state index contributed by atoms with van der Waals surface area (Å²) in [4.78, 5) is 0. The minimum absolute atomic E-state index is 0.220. The third kappa shape index (κ3) is 2.85. The number of aromatic nitrogens is 1. The maximum Gasteiger partial charge on any atom is 0.170 e. The van der Waals surface area contributed by atoms with E-state index in [-0.39, 0.29) is 6.10 Å². The molecule has 102 valence electrons. The molecule has 0 amide bonds. The molecule has 1 aliphatic heterocycles. The summed E-state index contributed by atoms with van der Waals surface area (Å²) in [5, 5.41) is 5.03. The summed E-state index contributed by atoms with van der Waals surface area (Å²) in [6, 6.07) is 5.78. The Morgan fingerprint density at radius 3 is 3.16 bits per heavy atom. The molecule has 19 heavy (non-hydrogen) atoms. The normalized spacial score (nSPS) is 19.1. The van der Waals surface area contributed by atoms with E-state index >= 15 is 0 Å². The number of benzene rings is 1. The summed E-state index contributed by atoms with van der Waals surface area (Å²) >= 11 is 5.73. The van der Waals surface area contributed by atoms with E-state index in [4.69, 9.17) is 25.6 Å². The molecule has 0 spiro atoms. The third-order valence-electron chi connectivity index (χ3n) is 3.31. The molecule has 2 heterocycles. The number of hydrogen-bond donors (Lipinski definition) is 0. The highest BCUT2D eigenvalue weighted by molar-refractivity contribution is 6.18. The minimum Gasteiger partial charge on any atom is -0.491 e. The van der Waals surface area contributed by atoms with Gasteiger partial charge in [0.2, 0.25) is 0 Å². The van der Waals surface area contributed by atoms with E-state index < -0.39 is 0 Å². The van der Waals surface area contributed by atoms with Gasteiger partial charge in [0.05, 0.1) is 11.8 Å². The van der Waals surface area contributed by atoms with Crippen molar-refractivity contribution in [1.29, 1.82) is 0 Å². The van der Waals surface area contributed by atoms with Crippen LogP contribution in [-0.2, 0) is 11.2 Å². The monoisotopic (exact) mass is 281 g/mol. The average Bonchev–Trinajstić information content (AvgIpc) is 3.06. The van der Waals surface area contributed by atoms with Crippen LogP contribution in [0.15, 0.2) is 22.7 Å². The van der Waals surface area contributed by atoms with Gasteiger partial charge in [0.25, 0.3) is 0 Å². The molecule has 1 aliphatic rings. The van der Waals surface area contributed by atoms with Crippen molar-refractivity contribution >= 4 is 22.6 Å². The molecule has 0 saturated carbocycles. The lowest BCUT2D eigenvalue weighted by atomic mass is 10.2. The van der Waals surface area contributed by atoms with Crippen LogP contribution < -0.4 is 4.74 Å². The molecule has 4 nitrogen and oxygen atoms in total. The Labute approximate surface area is 116 Å². The Hall–Kier alpha value is -1.26. The number of halogens is 1. The summed E-state index contributed by atoms with van der Waals surface area (Å²) in [7, 11) is 0. The topological polar surface area (TPSA) is 44.5 Å². The maximum atomic E-state index is 5.73. The lowest BCUT2D eigenvalue weighted by Crippen LogP contribution is -2.16. The molecule has 1 unspecified atom stereocenters. The van der Waals surface area contributed by atoms with Crippen molar-refractivity contribution in [3.8, 4) is 5.75 Å². The average molecular weight is 282 g/mol. The van der Waals surface area contributed by atoms with E-state index in [9.17, 15) is 0 Å². The first kappa shape index (κ1) is 12.8. The molecular formula is C14H16ClNO3. The fourth-order valence-corrected chi connectivity index (χ4v) is 2.47. The largest absolute Gasteiger partial charge is 0.491 e. The zero-order chi connectivity index (χ0) is 13.1. The summed E-state index contributed by atoms with van der Waals surface area (Å²) in [5.74, 6) is 1.33. The zero-order valence-corrected chi connectivity index (χ0v) is 11.4. The van der Waals surface area contributed by atoms with Crippen LogP contribution in [-0.4, -0.2) is 30.4 Å². The number of rotatable bonds is 5. The zero-order valence-electron chi connectivity index (χ0n) is 10.6. The molecule has 1 saturated heterocycles. The first-order chi connectivity index (χ1) is 9.36. The van der Waals surface area contributed by atoms with E-state index in [2.05, 4.69) is 5.16 Å². The second-order valence-electron chi connectivity index (χ2n) is 4.67. The minimum atomic E-state index is 0.220. The van der Waals surface area contributed by atoms with Crippen LogP contribution in [0.2, 0.25) is 0 Å². The molecule has 1 aromatic carbocycles. The van der Waals surface area contributed by atoms with Gasteiger partial charge in [0, 0.05) is 30.4 Å². The van der Waals surface area contributed by atoms with Gasteiger partial charge in [0.1, 0.15) is 12.4 Å². The van der Waals surface area contributed by atoms with Crippen molar-refractivity contribution in [3.05, 3.63) is 23.9 Å². The van der Waals surface area contributed by atoms with Crippen molar-refractivity contribution < 1.29 is 14.0 Å². The maximum absolute atomic E-state index is 5.73. The molecule has 0 N–H and O–H groups in total. The van der Waals surface area contributed by atoms with Crippen molar-refractivity contribution in [3.63, 3.8) is 0 Å². The fraction of sp³-hybridized carbons (Fsp3) is 0.500. The second-order valence-corrected chi connectivity index (χ2v) is 5.05. The van der Waals surface area contributed by atoms with Crippen molar-refractivity contribution in [2.45, 2.75) is 25.4 Å². The summed E-state index contributed by atoms with van der Waals surface area (Å²) in [5.41, 5.74) is 1.64. The molecule has 2 aromatic rings. The lowest BCUT2D eigenvalue weighted by molar-refractivity contribution is 0.0680. The van der Waals surface area contributed by atoms with E-state index in [0.29, 0.717) is 18.9 Å². The lowest BCUT2D eigenvalue weighted by Gasteiger charge is -2.11. The van der Waals surface area contributed by atoms with Gasteiger partial charge in [-0.15, -0.1) is 11.6 Å². The second kappa shape index (κ2) is 5.80. The Morgan fingerprint density at radius 2 is 2.37 bits per heavy atom. The summed E-state index contributed by atoms with van der Waals surface area (Å²) in [6.07, 6.45) is 3.13. The molecule has 1 aromatic heterocycles. The Bertz CT molecular complexity index is 549. The van der Waals surface area contributed by atoms with Crippen LogP contribution in [0, 0.1) is 0 Å². The van der Waals surface area contributed by atoms with Gasteiger partial charge in [-0.3, -0.25) is 0 Å². The van der Waals surface area contributed by atoms with E-state index in [1.807, 2.05) is 18.2 Å². The van der Waals surface area contributed by atoms with E-state index in [1.54, 1.807) is 0 Å². The van der Waals surface area contributed by atoms with Crippen LogP contribution in [0.25, 0.3) is 11.0 Å². The Morgan fingerprint density at radius 1 is 1.42 bits per heavy atom. The van der Waals surface area contributed by atoms with Crippen LogP contribution in [0.4, 0.5) is 0 Å². The van der Waals surface area contributed by atoms with Crippen molar-refractivity contribution in [1.82, 2.24) is 5.16 Å². The van der Waals surface area contributed by atoms with Crippen LogP contribution in [0.5, 0.6) is 5.75 Å². The molecule has 0 aliphatic carbocycles. The molecule has 3 rings (SSSR count). The molecule has 0 bridgehead atoms. The molecule has 0 radical (unpaired) electrons. The first-order valence-corrected chi connectivity index (χ1v) is 7.09. The SMILES string of the molecule is ClCCc1noc2cc(OCC3CCCO3)ccc12. The van der Waals surface area contributed by atoms with Gasteiger partial charge in [0.15, 0.2) is 5.58 Å². The smallest absolute Gasteiger partial charge is 0.170 e. The molecule has 1 atom stereocenters. The predicted molar refractivity (Wildman–Crippen MR) is 72.9 cm³/mol. The number of aryl methyl sites for hydroxylation is 1. The third-order valence-corrected chi connectivity index (χ3v) is 3.50. The molecular weight excluding hydrogens is 266 g/mol. The Balaban J connectivity index is 1.70. The van der Waals surface area contributed by atoms with Gasteiger partial charge >= 0.3 is 0 Å². The first-order valence-electron chi connectivity index (χ1n) is 6.55. The number of nitrogens with zero attached hydrogens (tertiary/aromatic N) is 1. The predicted octanol–water partition coefficient (Wildman–Crippen LogP) is 3.17. The molecule has 1 fully saturated rings. The summed E-state index contributed by atoms with van der Waals surface area (Å²) < 4.78 is 16.5. The fourth-order valence-electron chi connectivity index (χ4n) is 2.29. The van der Waals surface area contributed by atoms with Gasteiger partial charge in [-0.05, 0) is 25.0 Å². The van der Waals surface area contributed by atoms with Gasteiger partial charge in [-0.1, -0.05) is 5.16 Å². The number of fused-ring (bicyclic) bond motifs is 1. The summed E-state index contributed by atoms with van der Waals surface area (Å²) in [6.45, 7) is 1.44. The number of hydrogen-bond acceptors (Lipinski definition) is 4. The highest BCUT2D eigenvalue weighted by Crippen LogP contribution is 2.25.